The van der Waals surface area contributed by atoms with Gasteiger partial charge in [0.1, 0.15) is 0 Å². The summed E-state index contributed by atoms with van der Waals surface area (Å²) in [6, 6.07) is 7.19. The van der Waals surface area contributed by atoms with Gasteiger partial charge in [-0.05, 0) is 31.9 Å². The van der Waals surface area contributed by atoms with Crippen molar-refractivity contribution >= 4 is 34.5 Å². The molecular weight excluding hydrogens is 394 g/mol. The predicted octanol–water partition coefficient (Wildman–Crippen LogP) is 1.98. The van der Waals surface area contributed by atoms with Crippen LogP contribution >= 0.6 is 11.8 Å². The van der Waals surface area contributed by atoms with E-state index in [-0.39, 0.29) is 29.6 Å². The van der Waals surface area contributed by atoms with Gasteiger partial charge in [0.25, 0.3) is 5.56 Å². The first-order valence-corrected chi connectivity index (χ1v) is 10.6. The molecule has 0 atom stereocenters. The lowest BCUT2D eigenvalue weighted by Crippen LogP contribution is -2.28. The fourth-order valence-electron chi connectivity index (χ4n) is 2.67. The van der Waals surface area contributed by atoms with Gasteiger partial charge in [0.05, 0.1) is 23.8 Å². The zero-order valence-corrected chi connectivity index (χ0v) is 17.6. The van der Waals surface area contributed by atoms with Gasteiger partial charge < -0.3 is 14.8 Å². The number of aromatic nitrogens is 2. The molecule has 0 unspecified atom stereocenters. The molecule has 2 rings (SSSR count). The molecule has 0 radical (unpaired) electrons. The summed E-state index contributed by atoms with van der Waals surface area (Å²) in [5, 5.41) is 3.83. The maximum Gasteiger partial charge on any atom is 0.305 e. The van der Waals surface area contributed by atoms with Crippen molar-refractivity contribution in [2.45, 2.75) is 37.9 Å². The fraction of sp³-hybridized carbons (Fsp3) is 0.500. The molecular formula is C20H27N3O5S. The minimum Gasteiger partial charge on any atom is -0.469 e. The van der Waals surface area contributed by atoms with Gasteiger partial charge in [0, 0.05) is 32.7 Å². The van der Waals surface area contributed by atoms with Gasteiger partial charge >= 0.3 is 5.97 Å². The van der Waals surface area contributed by atoms with Gasteiger partial charge in [-0.3, -0.25) is 19.0 Å². The topological polar surface area (TPSA) is 99.5 Å². The van der Waals surface area contributed by atoms with E-state index in [4.69, 9.17) is 4.74 Å². The molecule has 1 amide bonds. The summed E-state index contributed by atoms with van der Waals surface area (Å²) < 4.78 is 11.5. The van der Waals surface area contributed by atoms with E-state index in [1.165, 1.54) is 18.9 Å². The van der Waals surface area contributed by atoms with Crippen LogP contribution in [0.15, 0.2) is 34.2 Å². The standard InChI is InChI=1S/C20H27N3O5S/c1-3-28-13-7-12-23-19(26)15-8-4-5-9-16(15)22-20(23)29-14-17(24)21-11-6-10-18(25)27-2/h4-5,8-9H,3,6-7,10-14H2,1-2H3,(H,21,24). The first kappa shape index (κ1) is 22.9. The highest BCUT2D eigenvalue weighted by Crippen LogP contribution is 2.18. The first-order valence-electron chi connectivity index (χ1n) is 9.60. The summed E-state index contributed by atoms with van der Waals surface area (Å²) in [4.78, 5) is 40.7. The number of ether oxygens (including phenoxy) is 2. The van der Waals surface area contributed by atoms with Crippen LogP contribution in [0.1, 0.15) is 26.2 Å². The Bertz CT molecular complexity index is 884. The highest BCUT2D eigenvalue weighted by molar-refractivity contribution is 7.99. The van der Waals surface area contributed by atoms with Crippen molar-refractivity contribution in [2.24, 2.45) is 0 Å². The van der Waals surface area contributed by atoms with E-state index in [1.807, 2.05) is 19.1 Å². The molecule has 1 aromatic heterocycles. The second-order valence-corrected chi connectivity index (χ2v) is 7.18. The number of carbonyl (C=O) groups is 2. The average molecular weight is 422 g/mol. The van der Waals surface area contributed by atoms with E-state index >= 15 is 0 Å². The zero-order chi connectivity index (χ0) is 21.1. The van der Waals surface area contributed by atoms with Crippen molar-refractivity contribution < 1.29 is 19.1 Å². The predicted molar refractivity (Wildman–Crippen MR) is 112 cm³/mol. The number of para-hydroxylation sites is 1. The molecule has 1 heterocycles. The largest absolute Gasteiger partial charge is 0.469 e. The average Bonchev–Trinajstić information content (AvgIpc) is 2.74. The van der Waals surface area contributed by atoms with Crippen molar-refractivity contribution in [3.8, 4) is 0 Å². The lowest BCUT2D eigenvalue weighted by molar-refractivity contribution is -0.140. The molecule has 1 N–H and O–H groups in total. The Morgan fingerprint density at radius 1 is 1.24 bits per heavy atom. The maximum absolute atomic E-state index is 12.9. The van der Waals surface area contributed by atoms with E-state index in [2.05, 4.69) is 15.0 Å². The van der Waals surface area contributed by atoms with Gasteiger partial charge in [-0.2, -0.15) is 0 Å². The second-order valence-electron chi connectivity index (χ2n) is 6.24. The van der Waals surface area contributed by atoms with Crippen LogP contribution in [0.3, 0.4) is 0 Å². The summed E-state index contributed by atoms with van der Waals surface area (Å²) in [6.07, 6.45) is 1.45. The summed E-state index contributed by atoms with van der Waals surface area (Å²) in [5.74, 6) is -0.345. The molecule has 9 heteroatoms. The molecule has 1 aromatic carbocycles. The number of nitrogens with one attached hydrogen (secondary N) is 1. The highest BCUT2D eigenvalue weighted by atomic mass is 32.2. The van der Waals surface area contributed by atoms with Gasteiger partial charge in [-0.15, -0.1) is 0 Å². The van der Waals surface area contributed by atoms with Crippen molar-refractivity contribution in [1.82, 2.24) is 14.9 Å². The number of benzene rings is 1. The lowest BCUT2D eigenvalue weighted by atomic mass is 10.2. The smallest absolute Gasteiger partial charge is 0.305 e. The molecule has 8 nitrogen and oxygen atoms in total. The SMILES string of the molecule is CCOCCCn1c(SCC(=O)NCCCC(=O)OC)nc2ccccc2c1=O. The molecule has 0 aliphatic rings. The molecule has 158 valence electrons. The third kappa shape index (κ3) is 7.17. The summed E-state index contributed by atoms with van der Waals surface area (Å²) >= 11 is 1.22. The number of carbonyl (C=O) groups excluding carboxylic acids is 2. The molecule has 0 saturated carbocycles. The monoisotopic (exact) mass is 421 g/mol. The Morgan fingerprint density at radius 3 is 2.79 bits per heavy atom. The van der Waals surface area contributed by atoms with E-state index in [9.17, 15) is 14.4 Å². The summed E-state index contributed by atoms with van der Waals surface area (Å²) in [6.45, 7) is 3.97. The number of methoxy groups -OCH3 is 1. The van der Waals surface area contributed by atoms with Crippen LogP contribution in [0.25, 0.3) is 10.9 Å². The lowest BCUT2D eigenvalue weighted by Gasteiger charge is -2.13. The number of hydrogen-bond donors (Lipinski definition) is 1. The number of rotatable bonds is 12. The number of nitrogens with zero attached hydrogens (tertiary/aromatic N) is 2. The molecule has 0 spiro atoms. The first-order chi connectivity index (χ1) is 14.1. The normalized spacial score (nSPS) is 10.8. The third-order valence-corrected chi connectivity index (χ3v) is 5.12. The Kier molecular flexibility index (Phi) is 9.66. The molecule has 0 bridgehead atoms. The fourth-order valence-corrected chi connectivity index (χ4v) is 3.52. The highest BCUT2D eigenvalue weighted by Gasteiger charge is 2.13. The third-order valence-electron chi connectivity index (χ3n) is 4.14. The van der Waals surface area contributed by atoms with Crippen molar-refractivity contribution in [2.75, 3.05) is 32.6 Å². The van der Waals surface area contributed by atoms with E-state index in [0.29, 0.717) is 55.2 Å². The van der Waals surface area contributed by atoms with Crippen LogP contribution in [0, 0.1) is 0 Å². The number of thioether (sulfide) groups is 1. The minimum atomic E-state index is -0.301. The second kappa shape index (κ2) is 12.2. The quantitative estimate of drug-likeness (QED) is 0.242. The minimum absolute atomic E-state index is 0.118. The Balaban J connectivity index is 2.02. The number of fused-ring (bicyclic) bond motifs is 1. The van der Waals surface area contributed by atoms with Crippen LogP contribution < -0.4 is 10.9 Å². The van der Waals surface area contributed by atoms with Crippen LogP contribution in [0.5, 0.6) is 0 Å². The summed E-state index contributed by atoms with van der Waals surface area (Å²) in [5.41, 5.74) is 0.493. The van der Waals surface area contributed by atoms with Gasteiger partial charge in [0.15, 0.2) is 5.16 Å². The van der Waals surface area contributed by atoms with E-state index < -0.39 is 0 Å². The Hall–Kier alpha value is -2.39. The van der Waals surface area contributed by atoms with Gasteiger partial charge in [-0.1, -0.05) is 23.9 Å². The molecule has 2 aromatic rings. The molecule has 0 aliphatic heterocycles. The van der Waals surface area contributed by atoms with Crippen LogP contribution in [-0.4, -0.2) is 54.0 Å². The number of esters is 1. The molecule has 0 aliphatic carbocycles. The Labute approximate surface area is 174 Å². The van der Waals surface area contributed by atoms with Crippen LogP contribution in [0.4, 0.5) is 0 Å². The van der Waals surface area contributed by atoms with Gasteiger partial charge in [0.2, 0.25) is 5.91 Å². The summed E-state index contributed by atoms with van der Waals surface area (Å²) in [7, 11) is 1.34. The van der Waals surface area contributed by atoms with Crippen molar-refractivity contribution in [1.29, 1.82) is 0 Å². The van der Waals surface area contributed by atoms with E-state index in [0.717, 1.165) is 0 Å². The van der Waals surface area contributed by atoms with Gasteiger partial charge in [-0.25, -0.2) is 4.98 Å². The van der Waals surface area contributed by atoms with Crippen molar-refractivity contribution in [3.05, 3.63) is 34.6 Å². The maximum atomic E-state index is 12.9. The Morgan fingerprint density at radius 2 is 2.03 bits per heavy atom. The molecule has 29 heavy (non-hydrogen) atoms. The van der Waals surface area contributed by atoms with Crippen LogP contribution in [-0.2, 0) is 25.6 Å². The molecule has 0 saturated heterocycles. The van der Waals surface area contributed by atoms with Crippen molar-refractivity contribution in [3.63, 3.8) is 0 Å². The van der Waals surface area contributed by atoms with Crippen LogP contribution in [0.2, 0.25) is 0 Å². The van der Waals surface area contributed by atoms with E-state index in [1.54, 1.807) is 16.7 Å². The zero-order valence-electron chi connectivity index (χ0n) is 16.8. The number of amides is 1. The number of hydrogen-bond acceptors (Lipinski definition) is 7. The molecule has 0 fully saturated rings.